The van der Waals surface area contributed by atoms with Crippen molar-refractivity contribution in [3.8, 4) is 0 Å². The molecule has 0 saturated carbocycles. The van der Waals surface area contributed by atoms with E-state index in [9.17, 15) is 19.5 Å². The SMILES string of the molecule is CN(C(=O)c1ccc2c(c1)nc(CCc1ccc(C(=N)N)cc1)n2C)C(Cc1ccc(C(N)=O)cc1)C(=O)O. The quantitative estimate of drug-likeness (QED) is 0.183. The van der Waals surface area contributed by atoms with E-state index >= 15 is 0 Å². The number of nitrogens with two attached hydrogens (primary N) is 2. The summed E-state index contributed by atoms with van der Waals surface area (Å²) >= 11 is 0. The van der Waals surface area contributed by atoms with Crippen molar-refractivity contribution in [3.63, 3.8) is 0 Å². The normalized spacial score (nSPS) is 11.7. The van der Waals surface area contributed by atoms with Crippen LogP contribution in [0.2, 0.25) is 0 Å². The minimum absolute atomic E-state index is 0.0291. The first-order chi connectivity index (χ1) is 18.5. The number of amides is 2. The summed E-state index contributed by atoms with van der Waals surface area (Å²) in [6.07, 6.45) is 1.48. The number of hydrogen-bond acceptors (Lipinski definition) is 5. The summed E-state index contributed by atoms with van der Waals surface area (Å²) in [4.78, 5) is 42.6. The first-order valence-corrected chi connectivity index (χ1v) is 12.3. The summed E-state index contributed by atoms with van der Waals surface area (Å²) in [5.74, 6) is -1.26. The van der Waals surface area contributed by atoms with Gasteiger partial charge in [0.25, 0.3) is 5.91 Å². The number of likely N-dealkylation sites (N-methyl/N-ethyl adjacent to an activating group) is 1. The number of fused-ring (bicyclic) bond motifs is 1. The van der Waals surface area contributed by atoms with Crippen LogP contribution < -0.4 is 11.5 Å². The smallest absolute Gasteiger partial charge is 0.326 e. The second kappa shape index (κ2) is 11.2. The zero-order valence-electron chi connectivity index (χ0n) is 21.7. The fraction of sp³-hybridized carbons (Fsp3) is 0.207. The number of nitrogen functional groups attached to an aromatic ring is 1. The molecule has 0 bridgehead atoms. The Bertz CT molecular complexity index is 1560. The van der Waals surface area contributed by atoms with Gasteiger partial charge < -0.3 is 26.0 Å². The lowest BCUT2D eigenvalue weighted by molar-refractivity contribution is -0.141. The van der Waals surface area contributed by atoms with Crippen LogP contribution in [-0.4, -0.2) is 56.3 Å². The Balaban J connectivity index is 1.50. The van der Waals surface area contributed by atoms with Gasteiger partial charge in [0.05, 0.1) is 11.0 Å². The molecule has 39 heavy (non-hydrogen) atoms. The predicted molar refractivity (Wildman–Crippen MR) is 148 cm³/mol. The molecule has 1 unspecified atom stereocenters. The minimum Gasteiger partial charge on any atom is -0.480 e. The van der Waals surface area contributed by atoms with Crippen molar-refractivity contribution in [2.24, 2.45) is 18.5 Å². The third-order valence-electron chi connectivity index (χ3n) is 6.86. The number of aromatic nitrogens is 2. The van der Waals surface area contributed by atoms with Crippen molar-refractivity contribution in [2.75, 3.05) is 7.05 Å². The molecule has 0 saturated heterocycles. The van der Waals surface area contributed by atoms with Crippen molar-refractivity contribution in [3.05, 3.63) is 100 Å². The molecule has 200 valence electrons. The molecule has 0 spiro atoms. The molecule has 3 aromatic carbocycles. The van der Waals surface area contributed by atoms with Crippen LogP contribution in [0.25, 0.3) is 11.0 Å². The highest BCUT2D eigenvalue weighted by molar-refractivity contribution is 5.99. The highest BCUT2D eigenvalue weighted by atomic mass is 16.4. The summed E-state index contributed by atoms with van der Waals surface area (Å²) in [5.41, 5.74) is 15.4. The van der Waals surface area contributed by atoms with Crippen molar-refractivity contribution < 1.29 is 19.5 Å². The molecule has 0 radical (unpaired) electrons. The number of primary amides is 1. The summed E-state index contributed by atoms with van der Waals surface area (Å²) in [5, 5.41) is 17.4. The van der Waals surface area contributed by atoms with Gasteiger partial charge in [-0.3, -0.25) is 15.0 Å². The van der Waals surface area contributed by atoms with Gasteiger partial charge in [-0.15, -0.1) is 0 Å². The maximum absolute atomic E-state index is 13.3. The van der Waals surface area contributed by atoms with Gasteiger partial charge in [0.2, 0.25) is 5.91 Å². The Morgan fingerprint density at radius 2 is 1.51 bits per heavy atom. The monoisotopic (exact) mass is 526 g/mol. The first kappa shape index (κ1) is 27.1. The van der Waals surface area contributed by atoms with Gasteiger partial charge in [-0.1, -0.05) is 36.4 Å². The molecule has 4 aromatic rings. The molecule has 6 N–H and O–H groups in total. The number of benzene rings is 3. The van der Waals surface area contributed by atoms with Gasteiger partial charge in [-0.05, 0) is 47.9 Å². The molecule has 0 aliphatic carbocycles. The van der Waals surface area contributed by atoms with Gasteiger partial charge in [0, 0.05) is 43.6 Å². The molecule has 10 heteroatoms. The van der Waals surface area contributed by atoms with E-state index in [4.69, 9.17) is 21.9 Å². The molecule has 1 atom stereocenters. The van der Waals surface area contributed by atoms with Crippen LogP contribution in [0, 0.1) is 5.41 Å². The van der Waals surface area contributed by atoms with Gasteiger partial charge in [0.15, 0.2) is 0 Å². The van der Waals surface area contributed by atoms with E-state index in [0.717, 1.165) is 23.3 Å². The first-order valence-electron chi connectivity index (χ1n) is 12.3. The van der Waals surface area contributed by atoms with E-state index < -0.39 is 23.8 Å². The standard InChI is InChI=1S/C29H30N6O4/c1-34-23-13-12-21(16-22(23)33-25(34)14-7-17-3-8-19(9-4-17)26(30)31)28(37)35(2)24(29(38)39)15-18-5-10-20(11-6-18)27(32)36/h3-6,8-13,16,24H,7,14-15H2,1-2H3,(H3,30,31)(H2,32,36)(H,38,39). The third kappa shape index (κ3) is 5.96. The van der Waals surface area contributed by atoms with E-state index in [1.807, 2.05) is 41.9 Å². The molecular weight excluding hydrogens is 496 g/mol. The van der Waals surface area contributed by atoms with Crippen molar-refractivity contribution >= 4 is 34.7 Å². The maximum Gasteiger partial charge on any atom is 0.326 e. The van der Waals surface area contributed by atoms with E-state index in [2.05, 4.69) is 0 Å². The number of nitrogens with one attached hydrogen (secondary N) is 1. The average molecular weight is 527 g/mol. The van der Waals surface area contributed by atoms with Gasteiger partial charge in [-0.2, -0.15) is 0 Å². The molecule has 4 rings (SSSR count). The Kier molecular flexibility index (Phi) is 7.75. The minimum atomic E-state index is -1.14. The topological polar surface area (TPSA) is 168 Å². The second-order valence-electron chi connectivity index (χ2n) is 9.44. The number of carboxylic acids is 1. The van der Waals surface area contributed by atoms with Gasteiger partial charge in [-0.25, -0.2) is 9.78 Å². The molecule has 1 aromatic heterocycles. The van der Waals surface area contributed by atoms with Crippen LogP contribution in [0.1, 0.15) is 43.2 Å². The third-order valence-corrected chi connectivity index (χ3v) is 6.86. The van der Waals surface area contributed by atoms with E-state index in [-0.39, 0.29) is 12.3 Å². The Morgan fingerprint density at radius 3 is 2.10 bits per heavy atom. The number of carbonyl (C=O) groups excluding carboxylic acids is 2. The summed E-state index contributed by atoms with van der Waals surface area (Å²) in [6, 6.07) is 17.9. The molecule has 2 amide bonds. The maximum atomic E-state index is 13.3. The lowest BCUT2D eigenvalue weighted by Crippen LogP contribution is -2.43. The number of aryl methyl sites for hydroxylation is 3. The van der Waals surface area contributed by atoms with Crippen LogP contribution in [0.5, 0.6) is 0 Å². The van der Waals surface area contributed by atoms with Gasteiger partial charge >= 0.3 is 5.97 Å². The highest BCUT2D eigenvalue weighted by Gasteiger charge is 2.28. The van der Waals surface area contributed by atoms with Crippen LogP contribution in [0.4, 0.5) is 0 Å². The average Bonchev–Trinajstić information content (AvgIpc) is 3.24. The molecular formula is C29H30N6O4. The largest absolute Gasteiger partial charge is 0.480 e. The predicted octanol–water partition coefficient (Wildman–Crippen LogP) is 2.51. The zero-order chi connectivity index (χ0) is 28.3. The number of carboxylic acid groups (broad SMARTS) is 1. The molecule has 0 aliphatic heterocycles. The fourth-order valence-electron chi connectivity index (χ4n) is 4.48. The van der Waals surface area contributed by atoms with Crippen molar-refractivity contribution in [1.82, 2.24) is 14.5 Å². The van der Waals surface area contributed by atoms with Crippen LogP contribution in [-0.2, 0) is 31.1 Å². The highest BCUT2D eigenvalue weighted by Crippen LogP contribution is 2.20. The lowest BCUT2D eigenvalue weighted by Gasteiger charge is -2.25. The van der Waals surface area contributed by atoms with E-state index in [1.165, 1.54) is 24.1 Å². The van der Waals surface area contributed by atoms with Crippen LogP contribution in [0.15, 0.2) is 66.7 Å². The Hall–Kier alpha value is -4.99. The van der Waals surface area contributed by atoms with Gasteiger partial charge in [0.1, 0.15) is 17.7 Å². The summed E-state index contributed by atoms with van der Waals surface area (Å²) in [6.45, 7) is 0. The van der Waals surface area contributed by atoms with E-state index in [1.54, 1.807) is 24.3 Å². The molecule has 0 aliphatic rings. The number of nitrogens with zero attached hydrogens (tertiary/aromatic N) is 3. The molecule has 0 fully saturated rings. The molecule has 10 nitrogen and oxygen atoms in total. The number of imidazole rings is 1. The number of rotatable bonds is 10. The fourth-order valence-corrected chi connectivity index (χ4v) is 4.48. The summed E-state index contributed by atoms with van der Waals surface area (Å²) in [7, 11) is 3.38. The van der Waals surface area contributed by atoms with E-state index in [0.29, 0.717) is 34.2 Å². The summed E-state index contributed by atoms with van der Waals surface area (Å²) < 4.78 is 1.98. The van der Waals surface area contributed by atoms with Crippen molar-refractivity contribution in [2.45, 2.75) is 25.3 Å². The number of amidine groups is 1. The zero-order valence-corrected chi connectivity index (χ0v) is 21.7. The number of aliphatic carboxylic acids is 1. The number of carbonyl (C=O) groups is 3. The number of hydrogen-bond donors (Lipinski definition) is 4. The second-order valence-corrected chi connectivity index (χ2v) is 9.44. The molecule has 1 heterocycles. The van der Waals surface area contributed by atoms with Crippen LogP contribution in [0.3, 0.4) is 0 Å². The Morgan fingerprint density at radius 1 is 0.923 bits per heavy atom. The Labute approximate surface area is 225 Å². The van der Waals surface area contributed by atoms with Crippen LogP contribution >= 0.6 is 0 Å². The van der Waals surface area contributed by atoms with Crippen molar-refractivity contribution in [1.29, 1.82) is 5.41 Å². The lowest BCUT2D eigenvalue weighted by atomic mass is 10.0.